The number of nitrogens with one attached hydrogen (secondary N) is 1. The summed E-state index contributed by atoms with van der Waals surface area (Å²) in [7, 11) is 0. The Bertz CT molecular complexity index is 735. The zero-order valence-corrected chi connectivity index (χ0v) is 13.8. The fraction of sp³-hybridized carbons (Fsp3) is 0.263. The van der Waals surface area contributed by atoms with E-state index in [9.17, 15) is 18.4 Å². The van der Waals surface area contributed by atoms with E-state index in [-0.39, 0.29) is 6.04 Å². The summed E-state index contributed by atoms with van der Waals surface area (Å²) < 4.78 is 31.2. The second-order valence-corrected chi connectivity index (χ2v) is 5.52. The van der Waals surface area contributed by atoms with Crippen LogP contribution in [-0.2, 0) is 9.53 Å². The van der Waals surface area contributed by atoms with Crippen LogP contribution in [0.4, 0.5) is 8.78 Å². The Balaban J connectivity index is 1.93. The maximum Gasteiger partial charge on any atom is 0.341 e. The Morgan fingerprint density at radius 2 is 1.84 bits per heavy atom. The fourth-order valence-corrected chi connectivity index (χ4v) is 2.40. The maximum absolute atomic E-state index is 13.5. The number of hydrogen-bond donors (Lipinski definition) is 1. The first-order valence-electron chi connectivity index (χ1n) is 7.97. The molecule has 2 aromatic carbocycles. The van der Waals surface area contributed by atoms with E-state index in [0.29, 0.717) is 6.07 Å². The molecule has 4 nitrogen and oxygen atoms in total. The lowest BCUT2D eigenvalue weighted by atomic mass is 10.0. The van der Waals surface area contributed by atoms with Gasteiger partial charge in [0.25, 0.3) is 5.91 Å². The average molecular weight is 347 g/mol. The summed E-state index contributed by atoms with van der Waals surface area (Å²) in [6, 6.07) is 11.8. The largest absolute Gasteiger partial charge is 0.452 e. The summed E-state index contributed by atoms with van der Waals surface area (Å²) in [5.74, 6) is -3.33. The highest BCUT2D eigenvalue weighted by molar-refractivity contribution is 5.91. The summed E-state index contributed by atoms with van der Waals surface area (Å²) in [5.41, 5.74) is 0.538. The molecule has 1 amide bonds. The van der Waals surface area contributed by atoms with Gasteiger partial charge < -0.3 is 10.1 Å². The standard InChI is InChI=1S/C19H19F2NO3/c1-2-6-17(13-7-4-3-5-8-13)22-18(23)12-25-19(24)15-10-9-14(20)11-16(15)21/h3-5,7-11,17H,2,6,12H2,1H3,(H,22,23). The molecule has 0 saturated carbocycles. The van der Waals surface area contributed by atoms with Crippen molar-refractivity contribution in [1.82, 2.24) is 5.32 Å². The van der Waals surface area contributed by atoms with Gasteiger partial charge in [0.15, 0.2) is 6.61 Å². The molecular weight excluding hydrogens is 328 g/mol. The zero-order chi connectivity index (χ0) is 18.2. The quantitative estimate of drug-likeness (QED) is 0.776. The first-order chi connectivity index (χ1) is 12.0. The Hall–Kier alpha value is -2.76. The molecule has 1 N–H and O–H groups in total. The predicted octanol–water partition coefficient (Wildman–Crippen LogP) is 3.78. The summed E-state index contributed by atoms with van der Waals surface area (Å²) in [6.45, 7) is 1.46. The number of esters is 1. The average Bonchev–Trinajstić information content (AvgIpc) is 2.60. The molecule has 25 heavy (non-hydrogen) atoms. The third kappa shape index (κ3) is 5.38. The van der Waals surface area contributed by atoms with Gasteiger partial charge in [0.2, 0.25) is 0 Å². The minimum absolute atomic E-state index is 0.194. The van der Waals surface area contributed by atoms with Gasteiger partial charge in [-0.2, -0.15) is 0 Å². The summed E-state index contributed by atoms with van der Waals surface area (Å²) in [4.78, 5) is 23.8. The number of carbonyl (C=O) groups excluding carboxylic acids is 2. The van der Waals surface area contributed by atoms with Gasteiger partial charge in [0.05, 0.1) is 11.6 Å². The van der Waals surface area contributed by atoms with E-state index in [1.165, 1.54) is 0 Å². The van der Waals surface area contributed by atoms with Gasteiger partial charge in [-0.05, 0) is 24.1 Å². The molecule has 1 unspecified atom stereocenters. The lowest BCUT2D eigenvalue weighted by molar-refractivity contribution is -0.125. The van der Waals surface area contributed by atoms with Gasteiger partial charge in [-0.15, -0.1) is 0 Å². The van der Waals surface area contributed by atoms with Crippen LogP contribution in [0.1, 0.15) is 41.7 Å². The van der Waals surface area contributed by atoms with Crippen LogP contribution in [0.25, 0.3) is 0 Å². The van der Waals surface area contributed by atoms with Crippen molar-refractivity contribution >= 4 is 11.9 Å². The molecule has 0 saturated heterocycles. The number of ether oxygens (including phenoxy) is 1. The van der Waals surface area contributed by atoms with Crippen LogP contribution in [0.15, 0.2) is 48.5 Å². The molecule has 0 fully saturated rings. The van der Waals surface area contributed by atoms with E-state index in [1.54, 1.807) is 0 Å². The summed E-state index contributed by atoms with van der Waals surface area (Å²) in [5, 5.41) is 2.79. The molecule has 0 aromatic heterocycles. The third-order valence-corrected chi connectivity index (χ3v) is 3.60. The second-order valence-electron chi connectivity index (χ2n) is 5.52. The van der Waals surface area contributed by atoms with Crippen LogP contribution in [0, 0.1) is 11.6 Å². The molecule has 6 heteroatoms. The minimum Gasteiger partial charge on any atom is -0.452 e. The molecule has 0 spiro atoms. The van der Waals surface area contributed by atoms with Crippen molar-refractivity contribution in [3.8, 4) is 0 Å². The molecule has 1 atom stereocenters. The van der Waals surface area contributed by atoms with E-state index in [2.05, 4.69) is 5.32 Å². The number of benzene rings is 2. The molecule has 132 valence electrons. The molecular formula is C19H19F2NO3. The number of halogens is 2. The number of rotatable bonds is 7. The number of hydrogen-bond acceptors (Lipinski definition) is 3. The number of carbonyl (C=O) groups is 2. The van der Waals surface area contributed by atoms with Gasteiger partial charge >= 0.3 is 5.97 Å². The Kier molecular flexibility index (Phi) is 6.62. The van der Waals surface area contributed by atoms with Crippen molar-refractivity contribution in [2.45, 2.75) is 25.8 Å². The highest BCUT2D eigenvalue weighted by Gasteiger charge is 2.18. The SMILES string of the molecule is CCCC(NC(=O)COC(=O)c1ccc(F)cc1F)c1ccccc1. The van der Waals surface area contributed by atoms with Crippen molar-refractivity contribution in [3.05, 3.63) is 71.3 Å². The van der Waals surface area contributed by atoms with Crippen molar-refractivity contribution in [1.29, 1.82) is 0 Å². The molecule has 0 aliphatic rings. The van der Waals surface area contributed by atoms with Crippen molar-refractivity contribution < 1.29 is 23.1 Å². The van der Waals surface area contributed by atoms with Gasteiger partial charge in [-0.3, -0.25) is 4.79 Å². The van der Waals surface area contributed by atoms with Crippen LogP contribution in [-0.4, -0.2) is 18.5 Å². The van der Waals surface area contributed by atoms with Crippen molar-refractivity contribution in [2.75, 3.05) is 6.61 Å². The van der Waals surface area contributed by atoms with E-state index in [4.69, 9.17) is 4.74 Å². The Labute approximate surface area is 144 Å². The fourth-order valence-electron chi connectivity index (χ4n) is 2.40. The van der Waals surface area contributed by atoms with Crippen LogP contribution in [0.3, 0.4) is 0 Å². The van der Waals surface area contributed by atoms with E-state index < -0.39 is 35.7 Å². The van der Waals surface area contributed by atoms with Crippen molar-refractivity contribution in [2.24, 2.45) is 0 Å². The maximum atomic E-state index is 13.5. The van der Waals surface area contributed by atoms with Crippen LogP contribution >= 0.6 is 0 Å². The van der Waals surface area contributed by atoms with Gasteiger partial charge in [-0.25, -0.2) is 13.6 Å². The topological polar surface area (TPSA) is 55.4 Å². The zero-order valence-electron chi connectivity index (χ0n) is 13.8. The van der Waals surface area contributed by atoms with E-state index in [0.717, 1.165) is 30.5 Å². The Morgan fingerprint density at radius 3 is 2.48 bits per heavy atom. The highest BCUT2D eigenvalue weighted by Crippen LogP contribution is 2.18. The normalized spacial score (nSPS) is 11.6. The molecule has 2 aromatic rings. The first-order valence-corrected chi connectivity index (χ1v) is 7.97. The van der Waals surface area contributed by atoms with Gasteiger partial charge in [0, 0.05) is 6.07 Å². The van der Waals surface area contributed by atoms with E-state index >= 15 is 0 Å². The first kappa shape index (κ1) is 18.6. The minimum atomic E-state index is -1.03. The van der Waals surface area contributed by atoms with Crippen LogP contribution in [0.2, 0.25) is 0 Å². The molecule has 0 bridgehead atoms. The summed E-state index contributed by atoms with van der Waals surface area (Å²) >= 11 is 0. The second kappa shape index (κ2) is 8.92. The van der Waals surface area contributed by atoms with Gasteiger partial charge in [-0.1, -0.05) is 43.7 Å². The number of amides is 1. The molecule has 0 radical (unpaired) electrons. The lowest BCUT2D eigenvalue weighted by Gasteiger charge is -2.18. The predicted molar refractivity (Wildman–Crippen MR) is 88.9 cm³/mol. The third-order valence-electron chi connectivity index (χ3n) is 3.60. The molecule has 0 heterocycles. The lowest BCUT2D eigenvalue weighted by Crippen LogP contribution is -2.32. The van der Waals surface area contributed by atoms with Crippen LogP contribution < -0.4 is 5.32 Å². The van der Waals surface area contributed by atoms with Gasteiger partial charge in [0.1, 0.15) is 11.6 Å². The highest BCUT2D eigenvalue weighted by atomic mass is 19.1. The van der Waals surface area contributed by atoms with Crippen LogP contribution in [0.5, 0.6) is 0 Å². The molecule has 2 rings (SSSR count). The summed E-state index contributed by atoms with van der Waals surface area (Å²) in [6.07, 6.45) is 1.59. The van der Waals surface area contributed by atoms with Crippen molar-refractivity contribution in [3.63, 3.8) is 0 Å². The van der Waals surface area contributed by atoms with E-state index in [1.807, 2.05) is 37.3 Å². The molecule has 0 aliphatic heterocycles. The molecule has 0 aliphatic carbocycles. The monoisotopic (exact) mass is 347 g/mol. The smallest absolute Gasteiger partial charge is 0.341 e. The Morgan fingerprint density at radius 1 is 1.12 bits per heavy atom.